The van der Waals surface area contributed by atoms with Crippen LogP contribution in [0.3, 0.4) is 0 Å². The molecule has 0 fully saturated rings. The van der Waals surface area contributed by atoms with Gasteiger partial charge in [-0.3, -0.25) is 4.98 Å². The second kappa shape index (κ2) is 3.80. The maximum atomic E-state index is 4.80. The Morgan fingerprint density at radius 3 is 2.04 bits per heavy atom. The van der Waals surface area contributed by atoms with Crippen molar-refractivity contribution in [3.63, 3.8) is 0 Å². The third-order valence-electron chi connectivity index (χ3n) is 6.62. The van der Waals surface area contributed by atoms with E-state index >= 15 is 0 Å². The van der Waals surface area contributed by atoms with E-state index in [0.29, 0.717) is 0 Å². The maximum absolute atomic E-state index is 4.80. The molecule has 2 aromatic carbocycles. The monoisotopic (exact) mass is 324 g/mol. The number of para-hydroxylation sites is 2. The molecule has 2 aromatic heterocycles. The van der Waals surface area contributed by atoms with Gasteiger partial charge in [-0.2, -0.15) is 0 Å². The van der Waals surface area contributed by atoms with Crippen molar-refractivity contribution in [1.29, 1.82) is 0 Å². The van der Waals surface area contributed by atoms with Gasteiger partial charge in [0.15, 0.2) is 0 Å². The molecular weight excluding hydrogens is 304 g/mol. The third kappa shape index (κ3) is 1.28. The highest BCUT2D eigenvalue weighted by Gasteiger charge is 2.43. The highest BCUT2D eigenvalue weighted by molar-refractivity contribution is 6.11. The average Bonchev–Trinajstić information content (AvgIpc) is 2.94. The van der Waals surface area contributed by atoms with Crippen molar-refractivity contribution in [3.8, 4) is 5.69 Å². The molecule has 25 heavy (non-hydrogen) atoms. The van der Waals surface area contributed by atoms with E-state index in [4.69, 9.17) is 4.98 Å². The van der Waals surface area contributed by atoms with Crippen LogP contribution in [0.4, 0.5) is 0 Å². The first kappa shape index (κ1) is 13.7. The number of benzene rings is 2. The van der Waals surface area contributed by atoms with Crippen LogP contribution in [0, 0.1) is 0 Å². The molecular formula is C23H20N2. The zero-order valence-electron chi connectivity index (χ0n) is 15.0. The SMILES string of the molecule is CC1(C)c2cccc3c2-n2c4c1cccc4c1nccc(c12)C3(C)C. The third-order valence-corrected chi connectivity index (χ3v) is 6.62. The largest absolute Gasteiger partial charge is 0.306 e. The lowest BCUT2D eigenvalue weighted by Crippen LogP contribution is -2.33. The Balaban J connectivity index is 2.06. The minimum Gasteiger partial charge on any atom is -0.306 e. The fourth-order valence-electron chi connectivity index (χ4n) is 5.28. The number of aromatic nitrogens is 2. The smallest absolute Gasteiger partial charge is 0.0966 e. The van der Waals surface area contributed by atoms with E-state index in [0.717, 1.165) is 5.52 Å². The van der Waals surface area contributed by atoms with Gasteiger partial charge < -0.3 is 4.57 Å². The van der Waals surface area contributed by atoms with E-state index in [1.807, 2.05) is 6.20 Å². The predicted molar refractivity (Wildman–Crippen MR) is 103 cm³/mol. The molecule has 0 saturated carbocycles. The quantitative estimate of drug-likeness (QED) is 0.420. The summed E-state index contributed by atoms with van der Waals surface area (Å²) in [5.74, 6) is 0. The number of hydrogen-bond acceptors (Lipinski definition) is 1. The van der Waals surface area contributed by atoms with Crippen LogP contribution < -0.4 is 0 Å². The molecule has 0 amide bonds. The second-order valence-corrected chi connectivity index (χ2v) is 8.54. The molecule has 0 aliphatic carbocycles. The van der Waals surface area contributed by atoms with Gasteiger partial charge in [-0.1, -0.05) is 64.1 Å². The highest BCUT2D eigenvalue weighted by atomic mass is 15.0. The molecule has 0 unspecified atom stereocenters. The van der Waals surface area contributed by atoms with Crippen LogP contribution >= 0.6 is 0 Å². The van der Waals surface area contributed by atoms with Gasteiger partial charge in [0.25, 0.3) is 0 Å². The Morgan fingerprint density at radius 2 is 1.32 bits per heavy atom. The minimum absolute atomic E-state index is 0.0111. The van der Waals surface area contributed by atoms with Crippen molar-refractivity contribution >= 4 is 21.9 Å². The Kier molecular flexibility index (Phi) is 2.07. The van der Waals surface area contributed by atoms with Gasteiger partial charge in [-0.25, -0.2) is 0 Å². The summed E-state index contributed by atoms with van der Waals surface area (Å²) >= 11 is 0. The molecule has 6 rings (SSSR count). The fraction of sp³-hybridized carbons (Fsp3) is 0.261. The Labute approximate surface area is 147 Å². The fourth-order valence-corrected chi connectivity index (χ4v) is 5.28. The topological polar surface area (TPSA) is 17.8 Å². The minimum atomic E-state index is -0.0233. The summed E-state index contributed by atoms with van der Waals surface area (Å²) in [6.07, 6.45) is 1.98. The number of hydrogen-bond donors (Lipinski definition) is 0. The van der Waals surface area contributed by atoms with Crippen molar-refractivity contribution in [3.05, 3.63) is 70.9 Å². The average molecular weight is 324 g/mol. The Morgan fingerprint density at radius 1 is 0.720 bits per heavy atom. The molecule has 0 radical (unpaired) electrons. The summed E-state index contributed by atoms with van der Waals surface area (Å²) in [5, 5.41) is 1.28. The molecule has 0 saturated heterocycles. The molecule has 0 atom stereocenters. The van der Waals surface area contributed by atoms with Crippen molar-refractivity contribution in [2.45, 2.75) is 38.5 Å². The lowest BCUT2D eigenvalue weighted by molar-refractivity contribution is 0.593. The van der Waals surface area contributed by atoms with Crippen LogP contribution in [-0.2, 0) is 10.8 Å². The summed E-state index contributed by atoms with van der Waals surface area (Å²) in [6, 6.07) is 15.8. The van der Waals surface area contributed by atoms with Crippen molar-refractivity contribution in [2.24, 2.45) is 0 Å². The first-order chi connectivity index (χ1) is 11.9. The van der Waals surface area contributed by atoms with Crippen LogP contribution in [0.5, 0.6) is 0 Å². The molecule has 2 nitrogen and oxygen atoms in total. The van der Waals surface area contributed by atoms with E-state index in [-0.39, 0.29) is 10.8 Å². The van der Waals surface area contributed by atoms with Crippen LogP contribution in [0.25, 0.3) is 27.6 Å². The van der Waals surface area contributed by atoms with Crippen LogP contribution in [0.1, 0.15) is 49.9 Å². The van der Waals surface area contributed by atoms with Gasteiger partial charge in [-0.15, -0.1) is 0 Å². The van der Waals surface area contributed by atoms with Crippen molar-refractivity contribution < 1.29 is 0 Å². The van der Waals surface area contributed by atoms with Crippen LogP contribution in [0.15, 0.2) is 48.7 Å². The highest BCUT2D eigenvalue weighted by Crippen LogP contribution is 2.54. The van der Waals surface area contributed by atoms with E-state index < -0.39 is 0 Å². The normalized spacial score (nSPS) is 18.2. The summed E-state index contributed by atoms with van der Waals surface area (Å²) in [4.78, 5) is 4.80. The zero-order valence-corrected chi connectivity index (χ0v) is 15.0. The second-order valence-electron chi connectivity index (χ2n) is 8.54. The number of nitrogens with zero attached hydrogens (tertiary/aromatic N) is 2. The van der Waals surface area contributed by atoms with E-state index in [9.17, 15) is 0 Å². The lowest BCUT2D eigenvalue weighted by Gasteiger charge is -2.41. The predicted octanol–water partition coefficient (Wildman–Crippen LogP) is 5.46. The number of fused-ring (bicyclic) bond motifs is 1. The molecule has 0 N–H and O–H groups in total. The number of pyridine rings is 1. The summed E-state index contributed by atoms with van der Waals surface area (Å²) < 4.78 is 2.50. The summed E-state index contributed by atoms with van der Waals surface area (Å²) in [6.45, 7) is 9.41. The van der Waals surface area contributed by atoms with E-state index in [1.54, 1.807) is 0 Å². The van der Waals surface area contributed by atoms with Gasteiger partial charge in [-0.05, 0) is 28.3 Å². The van der Waals surface area contributed by atoms with Crippen molar-refractivity contribution in [2.75, 3.05) is 0 Å². The zero-order chi connectivity index (χ0) is 17.1. The van der Waals surface area contributed by atoms with Gasteiger partial charge in [0.2, 0.25) is 0 Å². The first-order valence-corrected chi connectivity index (χ1v) is 9.01. The van der Waals surface area contributed by atoms with E-state index in [2.05, 4.69) is 74.7 Å². The molecule has 2 aliphatic rings. The lowest BCUT2D eigenvalue weighted by atomic mass is 9.69. The molecule has 0 bridgehead atoms. The van der Waals surface area contributed by atoms with Gasteiger partial charge in [0.05, 0.1) is 22.2 Å². The maximum Gasteiger partial charge on any atom is 0.0966 e. The molecule has 122 valence electrons. The van der Waals surface area contributed by atoms with Gasteiger partial charge in [0.1, 0.15) is 0 Å². The standard InChI is InChI=1S/C23H20N2/c1-22(2)14-8-5-7-13-18-21-17(11-12-24-18)23(3,4)16-10-6-9-15(22)20(16)25(21)19(13)14/h5-12H,1-4H3. The summed E-state index contributed by atoms with van der Waals surface area (Å²) in [5.41, 5.74) is 10.8. The van der Waals surface area contributed by atoms with Crippen molar-refractivity contribution in [1.82, 2.24) is 9.55 Å². The molecule has 2 aliphatic heterocycles. The summed E-state index contributed by atoms with van der Waals surface area (Å²) in [7, 11) is 0. The van der Waals surface area contributed by atoms with Gasteiger partial charge >= 0.3 is 0 Å². The van der Waals surface area contributed by atoms with E-state index in [1.165, 1.54) is 44.4 Å². The first-order valence-electron chi connectivity index (χ1n) is 9.01. The Bertz CT molecular complexity index is 1150. The Hall–Kier alpha value is -2.61. The number of rotatable bonds is 0. The molecule has 4 aromatic rings. The molecule has 0 spiro atoms. The molecule has 4 heterocycles. The molecule has 2 heteroatoms. The van der Waals surface area contributed by atoms with Crippen LogP contribution in [-0.4, -0.2) is 9.55 Å². The van der Waals surface area contributed by atoms with Crippen LogP contribution in [0.2, 0.25) is 0 Å². The van der Waals surface area contributed by atoms with Gasteiger partial charge in [0, 0.05) is 22.4 Å².